The Balaban J connectivity index is 2.08. The van der Waals surface area contributed by atoms with Crippen molar-refractivity contribution in [3.63, 3.8) is 0 Å². The minimum absolute atomic E-state index is 0.151. The van der Waals surface area contributed by atoms with Crippen LogP contribution in [0.2, 0.25) is 0 Å². The van der Waals surface area contributed by atoms with Gasteiger partial charge in [0.05, 0.1) is 0 Å². The average Bonchev–Trinajstić information content (AvgIpc) is 2.19. The van der Waals surface area contributed by atoms with Gasteiger partial charge in [-0.05, 0) is 25.2 Å². The Labute approximate surface area is 83.9 Å². The van der Waals surface area contributed by atoms with E-state index in [9.17, 15) is 4.39 Å². The molecule has 0 atom stereocenters. The molecule has 1 heterocycles. The van der Waals surface area contributed by atoms with Gasteiger partial charge in [-0.1, -0.05) is 6.07 Å². The molecule has 2 nitrogen and oxygen atoms in total. The molecule has 0 spiro atoms. The number of piperazine rings is 1. The Kier molecular flexibility index (Phi) is 2.68. The molecule has 0 bridgehead atoms. The number of halogens is 1. The van der Waals surface area contributed by atoms with E-state index in [0.29, 0.717) is 0 Å². The SMILES string of the molecule is CN1CCN(c2cccc(F)c2)CC1. The maximum atomic E-state index is 13.0. The molecule has 3 heteroatoms. The van der Waals surface area contributed by atoms with Crippen molar-refractivity contribution in [1.29, 1.82) is 0 Å². The zero-order chi connectivity index (χ0) is 9.97. The molecule has 2 rings (SSSR count). The first kappa shape index (κ1) is 9.46. The number of rotatable bonds is 1. The second-order valence-electron chi connectivity index (χ2n) is 3.77. The third-order valence-electron chi connectivity index (χ3n) is 2.68. The first-order valence-electron chi connectivity index (χ1n) is 4.95. The van der Waals surface area contributed by atoms with Gasteiger partial charge in [0.1, 0.15) is 5.82 Å². The van der Waals surface area contributed by atoms with Gasteiger partial charge in [-0.15, -0.1) is 0 Å². The number of anilines is 1. The van der Waals surface area contributed by atoms with Crippen LogP contribution in [-0.4, -0.2) is 38.1 Å². The van der Waals surface area contributed by atoms with E-state index in [0.717, 1.165) is 31.9 Å². The maximum Gasteiger partial charge on any atom is 0.125 e. The van der Waals surface area contributed by atoms with Gasteiger partial charge in [-0.25, -0.2) is 4.39 Å². The highest BCUT2D eigenvalue weighted by Crippen LogP contribution is 2.16. The molecule has 1 fully saturated rings. The third-order valence-corrected chi connectivity index (χ3v) is 2.68. The second kappa shape index (κ2) is 3.96. The molecule has 0 N–H and O–H groups in total. The highest BCUT2D eigenvalue weighted by Gasteiger charge is 2.13. The van der Waals surface area contributed by atoms with Gasteiger partial charge in [0.25, 0.3) is 0 Å². The van der Waals surface area contributed by atoms with E-state index >= 15 is 0 Å². The molecule has 0 unspecified atom stereocenters. The fraction of sp³-hybridized carbons (Fsp3) is 0.455. The summed E-state index contributed by atoms with van der Waals surface area (Å²) in [5.74, 6) is -0.151. The van der Waals surface area contributed by atoms with Crippen molar-refractivity contribution in [2.24, 2.45) is 0 Å². The molecule has 14 heavy (non-hydrogen) atoms. The molecule has 0 aliphatic carbocycles. The Bertz CT molecular complexity index is 306. The van der Waals surface area contributed by atoms with Crippen molar-refractivity contribution in [2.45, 2.75) is 0 Å². The Hall–Kier alpha value is -1.09. The lowest BCUT2D eigenvalue weighted by Gasteiger charge is -2.34. The van der Waals surface area contributed by atoms with Crippen molar-refractivity contribution < 1.29 is 4.39 Å². The standard InChI is InChI=1S/C11H15FN2/c1-13-5-7-14(8-6-13)11-4-2-3-10(12)9-11/h2-4,9H,5-8H2,1H3. The van der Waals surface area contributed by atoms with Crippen molar-refractivity contribution in [3.05, 3.63) is 30.1 Å². The summed E-state index contributed by atoms with van der Waals surface area (Å²) in [6.45, 7) is 4.08. The number of benzene rings is 1. The number of hydrogen-bond acceptors (Lipinski definition) is 2. The lowest BCUT2D eigenvalue weighted by Crippen LogP contribution is -2.44. The van der Waals surface area contributed by atoms with E-state index in [2.05, 4.69) is 16.8 Å². The summed E-state index contributed by atoms with van der Waals surface area (Å²) in [6, 6.07) is 6.82. The van der Waals surface area contributed by atoms with Crippen LogP contribution < -0.4 is 4.90 Å². The number of nitrogens with zero attached hydrogens (tertiary/aromatic N) is 2. The summed E-state index contributed by atoms with van der Waals surface area (Å²) in [5.41, 5.74) is 0.998. The minimum atomic E-state index is -0.151. The predicted octanol–water partition coefficient (Wildman–Crippen LogP) is 1.58. The van der Waals surface area contributed by atoms with Crippen LogP contribution in [0.3, 0.4) is 0 Å². The van der Waals surface area contributed by atoms with Gasteiger partial charge in [0.15, 0.2) is 0 Å². The zero-order valence-electron chi connectivity index (χ0n) is 8.41. The maximum absolute atomic E-state index is 13.0. The summed E-state index contributed by atoms with van der Waals surface area (Å²) >= 11 is 0. The fourth-order valence-electron chi connectivity index (χ4n) is 1.74. The average molecular weight is 194 g/mol. The molecule has 1 aromatic rings. The Morgan fingerprint density at radius 3 is 2.50 bits per heavy atom. The lowest BCUT2D eigenvalue weighted by molar-refractivity contribution is 0.313. The van der Waals surface area contributed by atoms with Crippen LogP contribution in [0, 0.1) is 5.82 Å². The van der Waals surface area contributed by atoms with E-state index in [1.54, 1.807) is 12.1 Å². The first-order valence-corrected chi connectivity index (χ1v) is 4.95. The summed E-state index contributed by atoms with van der Waals surface area (Å²) in [7, 11) is 2.11. The molecule has 0 aromatic heterocycles. The predicted molar refractivity (Wildman–Crippen MR) is 56.1 cm³/mol. The van der Waals surface area contributed by atoms with E-state index in [4.69, 9.17) is 0 Å². The van der Waals surface area contributed by atoms with Gasteiger partial charge in [-0.3, -0.25) is 0 Å². The Morgan fingerprint density at radius 2 is 1.86 bits per heavy atom. The smallest absolute Gasteiger partial charge is 0.125 e. The molecule has 0 amide bonds. The highest BCUT2D eigenvalue weighted by molar-refractivity contribution is 5.46. The van der Waals surface area contributed by atoms with Crippen molar-refractivity contribution in [1.82, 2.24) is 4.90 Å². The summed E-state index contributed by atoms with van der Waals surface area (Å²) in [6.07, 6.45) is 0. The van der Waals surface area contributed by atoms with Gasteiger partial charge < -0.3 is 9.80 Å². The monoisotopic (exact) mass is 194 g/mol. The van der Waals surface area contributed by atoms with Crippen LogP contribution in [-0.2, 0) is 0 Å². The van der Waals surface area contributed by atoms with E-state index in [1.807, 2.05) is 6.07 Å². The van der Waals surface area contributed by atoms with Crippen molar-refractivity contribution in [2.75, 3.05) is 38.1 Å². The summed E-state index contributed by atoms with van der Waals surface area (Å²) in [5, 5.41) is 0. The quantitative estimate of drug-likeness (QED) is 0.669. The molecule has 1 aliphatic heterocycles. The molecular weight excluding hydrogens is 179 g/mol. The van der Waals surface area contributed by atoms with E-state index < -0.39 is 0 Å². The van der Waals surface area contributed by atoms with Gasteiger partial charge in [0.2, 0.25) is 0 Å². The zero-order valence-corrected chi connectivity index (χ0v) is 8.41. The molecule has 0 radical (unpaired) electrons. The molecule has 76 valence electrons. The topological polar surface area (TPSA) is 6.48 Å². The summed E-state index contributed by atoms with van der Waals surface area (Å²) < 4.78 is 13.0. The van der Waals surface area contributed by atoms with Crippen LogP contribution in [0.5, 0.6) is 0 Å². The molecule has 1 saturated heterocycles. The van der Waals surface area contributed by atoms with Crippen LogP contribution in [0.25, 0.3) is 0 Å². The largest absolute Gasteiger partial charge is 0.369 e. The molecule has 1 aliphatic rings. The fourth-order valence-corrected chi connectivity index (χ4v) is 1.74. The lowest BCUT2D eigenvalue weighted by atomic mass is 10.2. The van der Waals surface area contributed by atoms with Crippen LogP contribution in [0.15, 0.2) is 24.3 Å². The van der Waals surface area contributed by atoms with Crippen LogP contribution >= 0.6 is 0 Å². The summed E-state index contributed by atoms with van der Waals surface area (Å²) in [4.78, 5) is 4.51. The first-order chi connectivity index (χ1) is 6.75. The highest BCUT2D eigenvalue weighted by atomic mass is 19.1. The van der Waals surface area contributed by atoms with Crippen molar-refractivity contribution >= 4 is 5.69 Å². The van der Waals surface area contributed by atoms with E-state index in [1.165, 1.54) is 6.07 Å². The number of hydrogen-bond donors (Lipinski definition) is 0. The van der Waals surface area contributed by atoms with Gasteiger partial charge in [-0.2, -0.15) is 0 Å². The normalized spacial score (nSPS) is 18.6. The molecular formula is C11H15FN2. The van der Waals surface area contributed by atoms with Crippen LogP contribution in [0.4, 0.5) is 10.1 Å². The second-order valence-corrected chi connectivity index (χ2v) is 3.77. The minimum Gasteiger partial charge on any atom is -0.369 e. The Morgan fingerprint density at radius 1 is 1.14 bits per heavy atom. The van der Waals surface area contributed by atoms with Gasteiger partial charge in [0, 0.05) is 31.9 Å². The third kappa shape index (κ3) is 2.04. The van der Waals surface area contributed by atoms with E-state index in [-0.39, 0.29) is 5.82 Å². The number of likely N-dealkylation sites (N-methyl/N-ethyl adjacent to an activating group) is 1. The van der Waals surface area contributed by atoms with Crippen LogP contribution in [0.1, 0.15) is 0 Å². The van der Waals surface area contributed by atoms with Crippen molar-refractivity contribution in [3.8, 4) is 0 Å². The van der Waals surface area contributed by atoms with Gasteiger partial charge >= 0.3 is 0 Å². The molecule has 1 aromatic carbocycles. The molecule has 0 saturated carbocycles.